The van der Waals surface area contributed by atoms with Crippen molar-refractivity contribution < 1.29 is 0 Å². The van der Waals surface area contributed by atoms with Crippen LogP contribution in [0.15, 0.2) is 24.4 Å². The van der Waals surface area contributed by atoms with Gasteiger partial charge in [-0.25, -0.2) is 10.0 Å². The van der Waals surface area contributed by atoms with E-state index in [4.69, 9.17) is 0 Å². The molecule has 1 N–H and O–H groups in total. The van der Waals surface area contributed by atoms with E-state index in [0.717, 1.165) is 5.92 Å². The summed E-state index contributed by atoms with van der Waals surface area (Å²) in [5.74, 6) is 0.719. The Morgan fingerprint density at radius 3 is 2.45 bits per heavy atom. The Balaban J connectivity index is 1.47. The molecule has 3 heteroatoms. The molecule has 4 rings (SSSR count). The maximum Gasteiger partial charge on any atom is 0.0457 e. The van der Waals surface area contributed by atoms with Gasteiger partial charge in [-0.15, -0.1) is 0 Å². The predicted molar refractivity (Wildman–Crippen MR) is 92.0 cm³/mol. The third-order valence-electron chi connectivity index (χ3n) is 5.51. The van der Waals surface area contributed by atoms with Crippen molar-refractivity contribution in [1.82, 2.24) is 15.0 Å². The van der Waals surface area contributed by atoms with Crippen LogP contribution in [0, 0.1) is 6.92 Å². The van der Waals surface area contributed by atoms with Crippen LogP contribution in [0.3, 0.4) is 0 Å². The lowest BCUT2D eigenvalue weighted by Crippen LogP contribution is -2.48. The first-order valence-electron chi connectivity index (χ1n) is 8.89. The van der Waals surface area contributed by atoms with E-state index in [1.807, 2.05) is 0 Å². The van der Waals surface area contributed by atoms with Crippen LogP contribution < -0.4 is 0 Å². The number of H-pyrrole nitrogens is 1. The van der Waals surface area contributed by atoms with Gasteiger partial charge in [-0.3, -0.25) is 0 Å². The van der Waals surface area contributed by atoms with Gasteiger partial charge in [0.2, 0.25) is 0 Å². The van der Waals surface area contributed by atoms with Crippen LogP contribution >= 0.6 is 0 Å². The first kappa shape index (κ1) is 14.3. The van der Waals surface area contributed by atoms with Gasteiger partial charge in [0, 0.05) is 43.3 Å². The number of nitrogens with one attached hydrogen (secondary N) is 1. The van der Waals surface area contributed by atoms with Gasteiger partial charge in [0.05, 0.1) is 0 Å². The van der Waals surface area contributed by atoms with Gasteiger partial charge >= 0.3 is 0 Å². The average Bonchev–Trinajstić information content (AvgIpc) is 2.99. The maximum absolute atomic E-state index is 3.46. The Morgan fingerprint density at radius 2 is 1.68 bits per heavy atom. The second kappa shape index (κ2) is 6.05. The predicted octanol–water partition coefficient (Wildman–Crippen LogP) is 4.06. The average molecular weight is 297 g/mol. The molecule has 22 heavy (non-hydrogen) atoms. The monoisotopic (exact) mass is 297 g/mol. The molecule has 0 amide bonds. The third kappa shape index (κ3) is 2.68. The summed E-state index contributed by atoms with van der Waals surface area (Å²) in [6, 6.07) is 6.76. The van der Waals surface area contributed by atoms with Gasteiger partial charge in [-0.1, -0.05) is 18.1 Å². The SMILES string of the molecule is Cc1ccc2[nH]cc(C3CCN(N4CCCCC4)CC3)c2c1. The van der Waals surface area contributed by atoms with Gasteiger partial charge in [0.25, 0.3) is 0 Å². The second-order valence-electron chi connectivity index (χ2n) is 7.04. The normalized spacial score (nSPS) is 22.4. The van der Waals surface area contributed by atoms with E-state index in [9.17, 15) is 0 Å². The summed E-state index contributed by atoms with van der Waals surface area (Å²) in [7, 11) is 0. The molecule has 118 valence electrons. The highest BCUT2D eigenvalue weighted by atomic mass is 15.6. The summed E-state index contributed by atoms with van der Waals surface area (Å²) in [5.41, 5.74) is 4.19. The van der Waals surface area contributed by atoms with E-state index < -0.39 is 0 Å². The minimum Gasteiger partial charge on any atom is -0.361 e. The molecular formula is C19H27N3. The lowest BCUT2D eigenvalue weighted by atomic mass is 9.89. The van der Waals surface area contributed by atoms with E-state index in [0.29, 0.717) is 0 Å². The smallest absolute Gasteiger partial charge is 0.0457 e. The van der Waals surface area contributed by atoms with Gasteiger partial charge in [-0.05, 0) is 56.2 Å². The van der Waals surface area contributed by atoms with Crippen molar-refractivity contribution in [2.24, 2.45) is 0 Å². The standard InChI is InChI=1S/C19H27N3/c1-15-5-6-19-17(13-15)18(14-20-19)16-7-11-22(12-8-16)21-9-3-2-4-10-21/h5-6,13-14,16,20H,2-4,7-12H2,1H3. The summed E-state index contributed by atoms with van der Waals surface area (Å²) in [6.45, 7) is 7.19. The summed E-state index contributed by atoms with van der Waals surface area (Å²) in [6.07, 6.45) is 9.01. The van der Waals surface area contributed by atoms with Crippen molar-refractivity contribution in [2.45, 2.75) is 44.9 Å². The molecule has 2 aliphatic heterocycles. The maximum atomic E-state index is 3.46. The van der Waals surface area contributed by atoms with Crippen molar-refractivity contribution in [2.75, 3.05) is 26.2 Å². The Hall–Kier alpha value is -1.32. The Labute approximate surface area is 133 Å². The zero-order valence-corrected chi connectivity index (χ0v) is 13.6. The molecule has 2 aromatic rings. The molecule has 0 saturated carbocycles. The molecule has 0 unspecified atom stereocenters. The van der Waals surface area contributed by atoms with Crippen molar-refractivity contribution in [1.29, 1.82) is 0 Å². The van der Waals surface area contributed by atoms with Gasteiger partial charge < -0.3 is 4.98 Å². The highest BCUT2D eigenvalue weighted by molar-refractivity contribution is 5.84. The highest BCUT2D eigenvalue weighted by Crippen LogP contribution is 2.34. The molecule has 1 aromatic heterocycles. The second-order valence-corrected chi connectivity index (χ2v) is 7.04. The molecule has 3 nitrogen and oxygen atoms in total. The Morgan fingerprint density at radius 1 is 0.955 bits per heavy atom. The molecule has 0 spiro atoms. The fraction of sp³-hybridized carbons (Fsp3) is 0.579. The lowest BCUT2D eigenvalue weighted by Gasteiger charge is -2.41. The number of hydrogen-bond acceptors (Lipinski definition) is 2. The molecule has 0 radical (unpaired) electrons. The quantitative estimate of drug-likeness (QED) is 0.903. The van der Waals surface area contributed by atoms with E-state index in [1.165, 1.54) is 80.3 Å². The molecule has 0 atom stereocenters. The van der Waals surface area contributed by atoms with E-state index >= 15 is 0 Å². The number of fused-ring (bicyclic) bond motifs is 1. The van der Waals surface area contributed by atoms with Crippen molar-refractivity contribution in [3.63, 3.8) is 0 Å². The summed E-state index contributed by atoms with van der Waals surface area (Å²) < 4.78 is 0. The zero-order valence-electron chi connectivity index (χ0n) is 13.6. The topological polar surface area (TPSA) is 22.3 Å². The summed E-state index contributed by atoms with van der Waals surface area (Å²) in [4.78, 5) is 3.46. The summed E-state index contributed by atoms with van der Waals surface area (Å²) in [5, 5.41) is 6.67. The number of benzene rings is 1. The molecule has 0 bridgehead atoms. The van der Waals surface area contributed by atoms with Crippen LogP contribution in [0.1, 0.15) is 49.1 Å². The number of piperidine rings is 2. The van der Waals surface area contributed by atoms with Crippen LogP contribution in [0.2, 0.25) is 0 Å². The van der Waals surface area contributed by atoms with Crippen molar-refractivity contribution >= 4 is 10.9 Å². The molecule has 1 aromatic carbocycles. The summed E-state index contributed by atoms with van der Waals surface area (Å²) >= 11 is 0. The highest BCUT2D eigenvalue weighted by Gasteiger charge is 2.26. The van der Waals surface area contributed by atoms with Gasteiger partial charge in [0.1, 0.15) is 0 Å². The van der Waals surface area contributed by atoms with E-state index in [-0.39, 0.29) is 0 Å². The first-order valence-corrected chi connectivity index (χ1v) is 8.89. The number of aryl methyl sites for hydroxylation is 1. The van der Waals surface area contributed by atoms with Gasteiger partial charge in [-0.2, -0.15) is 0 Å². The minimum absolute atomic E-state index is 0.719. The van der Waals surface area contributed by atoms with Crippen LogP contribution in [-0.2, 0) is 0 Å². The fourth-order valence-corrected chi connectivity index (χ4v) is 4.21. The van der Waals surface area contributed by atoms with Crippen molar-refractivity contribution in [3.8, 4) is 0 Å². The van der Waals surface area contributed by atoms with E-state index in [2.05, 4.69) is 46.3 Å². The molecule has 2 aliphatic rings. The largest absolute Gasteiger partial charge is 0.361 e. The van der Waals surface area contributed by atoms with E-state index in [1.54, 1.807) is 0 Å². The Kier molecular flexibility index (Phi) is 3.93. The molecule has 0 aliphatic carbocycles. The van der Waals surface area contributed by atoms with Crippen LogP contribution in [-0.4, -0.2) is 41.2 Å². The number of rotatable bonds is 2. The zero-order chi connectivity index (χ0) is 14.9. The minimum atomic E-state index is 0.719. The molecule has 2 fully saturated rings. The lowest BCUT2D eigenvalue weighted by molar-refractivity contribution is -0.0552. The Bertz CT molecular complexity index is 631. The molecular weight excluding hydrogens is 270 g/mol. The number of hydrazine groups is 1. The van der Waals surface area contributed by atoms with Crippen molar-refractivity contribution in [3.05, 3.63) is 35.5 Å². The fourth-order valence-electron chi connectivity index (χ4n) is 4.21. The number of aromatic amines is 1. The first-order chi connectivity index (χ1) is 10.8. The molecule has 3 heterocycles. The van der Waals surface area contributed by atoms with Gasteiger partial charge in [0.15, 0.2) is 0 Å². The number of aromatic nitrogens is 1. The third-order valence-corrected chi connectivity index (χ3v) is 5.51. The van der Waals surface area contributed by atoms with Crippen LogP contribution in [0.4, 0.5) is 0 Å². The van der Waals surface area contributed by atoms with Crippen LogP contribution in [0.25, 0.3) is 10.9 Å². The van der Waals surface area contributed by atoms with Crippen LogP contribution in [0.5, 0.6) is 0 Å². The number of hydrogen-bond donors (Lipinski definition) is 1. The molecule has 2 saturated heterocycles. The number of nitrogens with zero attached hydrogens (tertiary/aromatic N) is 2.